The molecule has 4 rings (SSSR count). The van der Waals surface area contributed by atoms with Gasteiger partial charge in [-0.25, -0.2) is 9.37 Å². The number of benzene rings is 2. The van der Waals surface area contributed by atoms with Crippen molar-refractivity contribution in [3.63, 3.8) is 0 Å². The Morgan fingerprint density at radius 1 is 1.18 bits per heavy atom. The molecular formula is C30H36FN5O3. The molecule has 0 saturated carbocycles. The highest BCUT2D eigenvalue weighted by Gasteiger charge is 2.42. The van der Waals surface area contributed by atoms with E-state index in [9.17, 15) is 9.18 Å². The van der Waals surface area contributed by atoms with Crippen LogP contribution in [0.3, 0.4) is 0 Å². The van der Waals surface area contributed by atoms with Gasteiger partial charge in [-0.05, 0) is 75.6 Å². The van der Waals surface area contributed by atoms with E-state index in [-0.39, 0.29) is 17.8 Å². The number of rotatable bonds is 9. The third kappa shape index (κ3) is 6.20. The van der Waals surface area contributed by atoms with Gasteiger partial charge in [0.25, 0.3) is 5.91 Å². The fourth-order valence-electron chi connectivity index (χ4n) is 4.62. The van der Waals surface area contributed by atoms with E-state index < -0.39 is 5.54 Å². The Bertz CT molecular complexity index is 1380. The van der Waals surface area contributed by atoms with E-state index in [0.29, 0.717) is 30.4 Å². The van der Waals surface area contributed by atoms with Crippen molar-refractivity contribution >= 4 is 17.9 Å². The molecule has 1 unspecified atom stereocenters. The minimum absolute atomic E-state index is 0.172. The maximum atomic E-state index is 14.2. The molecule has 0 radical (unpaired) electrons. The zero-order valence-electron chi connectivity index (χ0n) is 23.4. The Morgan fingerprint density at radius 3 is 2.56 bits per heavy atom. The predicted octanol–water partition coefficient (Wildman–Crippen LogP) is 5.08. The summed E-state index contributed by atoms with van der Waals surface area (Å²) in [6, 6.07) is 11.6. The molecule has 1 aromatic heterocycles. The van der Waals surface area contributed by atoms with E-state index in [1.165, 1.54) is 12.1 Å². The zero-order chi connectivity index (χ0) is 28.2. The second-order valence-corrected chi connectivity index (χ2v) is 10.1. The van der Waals surface area contributed by atoms with E-state index in [2.05, 4.69) is 10.3 Å². The number of methoxy groups -OCH3 is 2. The number of aromatic nitrogens is 2. The van der Waals surface area contributed by atoms with Crippen molar-refractivity contribution in [2.45, 2.75) is 45.7 Å². The summed E-state index contributed by atoms with van der Waals surface area (Å²) in [5.74, 6) is 0.646. The molecule has 8 nitrogen and oxygen atoms in total. The molecular weight excluding hydrogens is 497 g/mol. The Kier molecular flexibility index (Phi) is 8.50. The van der Waals surface area contributed by atoms with E-state index in [1.807, 2.05) is 62.7 Å². The van der Waals surface area contributed by atoms with Crippen molar-refractivity contribution in [2.24, 2.45) is 4.99 Å². The lowest BCUT2D eigenvalue weighted by Crippen LogP contribution is -2.62. The summed E-state index contributed by atoms with van der Waals surface area (Å²) in [5.41, 5.74) is 3.24. The quantitative estimate of drug-likeness (QED) is 0.307. The van der Waals surface area contributed by atoms with Gasteiger partial charge < -0.3 is 19.4 Å². The van der Waals surface area contributed by atoms with Gasteiger partial charge in [0, 0.05) is 32.0 Å². The number of aliphatic imine (C=N–C) groups is 1. The predicted molar refractivity (Wildman–Crippen MR) is 151 cm³/mol. The normalized spacial score (nSPS) is 17.9. The van der Waals surface area contributed by atoms with Crippen molar-refractivity contribution in [1.82, 2.24) is 19.8 Å². The van der Waals surface area contributed by atoms with Crippen molar-refractivity contribution in [3.05, 3.63) is 83.2 Å². The zero-order valence-corrected chi connectivity index (χ0v) is 23.4. The van der Waals surface area contributed by atoms with Crippen LogP contribution < -0.4 is 10.1 Å². The number of hydrogen-bond donors (Lipinski definition) is 1. The van der Waals surface area contributed by atoms with E-state index in [4.69, 9.17) is 14.5 Å². The second-order valence-electron chi connectivity index (χ2n) is 10.1. The number of carbonyl (C=O) groups is 1. The number of carbonyl (C=O) groups excluding carboxylic acids is 1. The molecule has 1 N–H and O–H groups in total. The van der Waals surface area contributed by atoms with Crippen LogP contribution in [0.15, 0.2) is 65.6 Å². The van der Waals surface area contributed by atoms with Crippen LogP contribution in [-0.2, 0) is 9.53 Å². The molecule has 39 heavy (non-hydrogen) atoms. The summed E-state index contributed by atoms with van der Waals surface area (Å²) in [5, 5.41) is 3.48. The second kappa shape index (κ2) is 11.8. The summed E-state index contributed by atoms with van der Waals surface area (Å²) in [7, 11) is 3.27. The molecule has 1 aliphatic rings. The fraction of sp³-hybridized carbons (Fsp3) is 0.367. The molecule has 1 amide bonds. The molecule has 2 heterocycles. The maximum Gasteiger partial charge on any atom is 0.259 e. The van der Waals surface area contributed by atoms with Crippen LogP contribution >= 0.6 is 0 Å². The molecule has 1 saturated heterocycles. The first-order chi connectivity index (χ1) is 18.6. The van der Waals surface area contributed by atoms with Gasteiger partial charge in [-0.3, -0.25) is 14.7 Å². The molecule has 1 atom stereocenters. The molecule has 206 valence electrons. The first-order valence-electron chi connectivity index (χ1n) is 13.0. The van der Waals surface area contributed by atoms with Crippen LogP contribution in [0.4, 0.5) is 4.39 Å². The van der Waals surface area contributed by atoms with Gasteiger partial charge in [-0.1, -0.05) is 18.2 Å². The lowest BCUT2D eigenvalue weighted by atomic mass is 9.88. The topological polar surface area (TPSA) is 81.0 Å². The molecule has 2 aromatic carbocycles. The summed E-state index contributed by atoms with van der Waals surface area (Å²) in [4.78, 5) is 24.8. The number of nitrogens with zero attached hydrogens (tertiary/aromatic N) is 4. The number of guanidine groups is 1. The van der Waals surface area contributed by atoms with Crippen molar-refractivity contribution in [1.29, 1.82) is 0 Å². The Balaban J connectivity index is 1.73. The SMILES string of the molecule is COCCCN=C1NC(C)(C)/C(=C\c2ccc(-n3cnc(C)c3)c(OC)c2)C(=O)N1C(C)c1ccc(F)cc1. The Hall–Kier alpha value is -3.98. The minimum Gasteiger partial charge on any atom is -0.495 e. The monoisotopic (exact) mass is 533 g/mol. The molecule has 1 aliphatic heterocycles. The van der Waals surface area contributed by atoms with Crippen LogP contribution in [0.1, 0.15) is 50.1 Å². The van der Waals surface area contributed by atoms with Crippen LogP contribution in [0.5, 0.6) is 5.75 Å². The van der Waals surface area contributed by atoms with Gasteiger partial charge in [0.1, 0.15) is 11.6 Å². The summed E-state index contributed by atoms with van der Waals surface area (Å²) < 4.78 is 26.4. The van der Waals surface area contributed by atoms with Crippen LogP contribution in [0.25, 0.3) is 11.8 Å². The maximum absolute atomic E-state index is 14.2. The van der Waals surface area contributed by atoms with Gasteiger partial charge in [-0.15, -0.1) is 0 Å². The number of hydrogen-bond acceptors (Lipinski definition) is 5. The standard InChI is InChI=1S/C30H36FN5O3/c1-20-18-35(19-33-20)26-13-8-22(17-27(26)39-6)16-25-28(37)36(21(2)23-9-11-24(31)12-10-23)29(34-30(25,3)4)32-14-7-15-38-5/h8-13,16-19,21H,7,14-15H2,1-6H3,(H,32,34)/b25-16-. The molecule has 0 aliphatic carbocycles. The Labute approximate surface area is 229 Å². The number of aryl methyl sites for hydroxylation is 1. The van der Waals surface area contributed by atoms with Crippen LogP contribution in [0.2, 0.25) is 0 Å². The molecule has 0 spiro atoms. The third-order valence-corrected chi connectivity index (χ3v) is 6.79. The highest BCUT2D eigenvalue weighted by atomic mass is 19.1. The Morgan fingerprint density at radius 2 is 1.92 bits per heavy atom. The summed E-state index contributed by atoms with van der Waals surface area (Å²) in [6.07, 6.45) is 6.27. The van der Waals surface area contributed by atoms with Gasteiger partial charge in [0.15, 0.2) is 0 Å². The largest absolute Gasteiger partial charge is 0.495 e. The first-order valence-corrected chi connectivity index (χ1v) is 13.0. The number of nitrogens with one attached hydrogen (secondary N) is 1. The van der Waals surface area contributed by atoms with Crippen LogP contribution in [-0.4, -0.2) is 59.2 Å². The number of amides is 1. The van der Waals surface area contributed by atoms with Crippen molar-refractivity contribution in [3.8, 4) is 11.4 Å². The lowest BCUT2D eigenvalue weighted by molar-refractivity contribution is -0.126. The molecule has 3 aromatic rings. The number of ether oxygens (including phenoxy) is 2. The minimum atomic E-state index is -0.705. The molecule has 0 bridgehead atoms. The lowest BCUT2D eigenvalue weighted by Gasteiger charge is -2.43. The van der Waals surface area contributed by atoms with E-state index >= 15 is 0 Å². The molecule has 1 fully saturated rings. The van der Waals surface area contributed by atoms with Gasteiger partial charge >= 0.3 is 0 Å². The van der Waals surface area contributed by atoms with Crippen molar-refractivity contribution in [2.75, 3.05) is 27.4 Å². The average molecular weight is 534 g/mol. The highest BCUT2D eigenvalue weighted by Crippen LogP contribution is 2.33. The fourth-order valence-corrected chi connectivity index (χ4v) is 4.62. The van der Waals surface area contributed by atoms with Crippen LogP contribution in [0, 0.1) is 12.7 Å². The average Bonchev–Trinajstić information content (AvgIpc) is 3.34. The van der Waals surface area contributed by atoms with E-state index in [0.717, 1.165) is 28.9 Å². The summed E-state index contributed by atoms with van der Waals surface area (Å²) in [6.45, 7) is 8.83. The molecule has 9 heteroatoms. The van der Waals surface area contributed by atoms with Gasteiger partial charge in [0.05, 0.1) is 36.4 Å². The van der Waals surface area contributed by atoms with Crippen molar-refractivity contribution < 1.29 is 18.7 Å². The number of halogens is 1. The number of imidazole rings is 1. The summed E-state index contributed by atoms with van der Waals surface area (Å²) >= 11 is 0. The van der Waals surface area contributed by atoms with Gasteiger partial charge in [-0.2, -0.15) is 0 Å². The smallest absolute Gasteiger partial charge is 0.259 e. The third-order valence-electron chi connectivity index (χ3n) is 6.79. The highest BCUT2D eigenvalue weighted by molar-refractivity contribution is 6.12. The van der Waals surface area contributed by atoms with E-state index in [1.54, 1.807) is 37.6 Å². The first kappa shape index (κ1) is 28.0. The van der Waals surface area contributed by atoms with Gasteiger partial charge in [0.2, 0.25) is 5.96 Å².